The molecule has 2 aromatic heterocycles. The summed E-state index contributed by atoms with van der Waals surface area (Å²) in [6.45, 7) is 0. The number of anilines is 2. The SMILES string of the molecule is O=C(c1ccc(Cl)cc1)N(c1ccccn1)c1ccccn1. The van der Waals surface area contributed by atoms with Gasteiger partial charge in [0, 0.05) is 23.0 Å². The van der Waals surface area contributed by atoms with Crippen LogP contribution in [0, 0.1) is 0 Å². The van der Waals surface area contributed by atoms with Gasteiger partial charge in [-0.25, -0.2) is 14.9 Å². The van der Waals surface area contributed by atoms with E-state index in [1.165, 1.54) is 4.90 Å². The summed E-state index contributed by atoms with van der Waals surface area (Å²) in [6, 6.07) is 17.5. The van der Waals surface area contributed by atoms with Gasteiger partial charge in [-0.05, 0) is 48.5 Å². The summed E-state index contributed by atoms with van der Waals surface area (Å²) < 4.78 is 0. The average molecular weight is 310 g/mol. The first kappa shape index (κ1) is 14.2. The number of benzene rings is 1. The van der Waals surface area contributed by atoms with E-state index >= 15 is 0 Å². The van der Waals surface area contributed by atoms with Crippen molar-refractivity contribution in [3.8, 4) is 0 Å². The zero-order chi connectivity index (χ0) is 15.4. The van der Waals surface area contributed by atoms with Crippen molar-refractivity contribution in [2.24, 2.45) is 0 Å². The molecule has 0 unspecified atom stereocenters. The van der Waals surface area contributed by atoms with E-state index in [9.17, 15) is 4.79 Å². The van der Waals surface area contributed by atoms with Crippen LogP contribution in [0.2, 0.25) is 5.02 Å². The number of halogens is 1. The van der Waals surface area contributed by atoms with Crippen LogP contribution in [0.5, 0.6) is 0 Å². The van der Waals surface area contributed by atoms with Crippen molar-refractivity contribution in [1.29, 1.82) is 0 Å². The molecule has 2 heterocycles. The van der Waals surface area contributed by atoms with Crippen molar-refractivity contribution in [3.63, 3.8) is 0 Å². The lowest BCUT2D eigenvalue weighted by Crippen LogP contribution is -2.27. The van der Waals surface area contributed by atoms with E-state index < -0.39 is 0 Å². The Morgan fingerprint density at radius 3 is 1.82 bits per heavy atom. The normalized spacial score (nSPS) is 10.2. The Bertz CT molecular complexity index is 721. The summed E-state index contributed by atoms with van der Waals surface area (Å²) in [6.07, 6.45) is 3.28. The Morgan fingerprint density at radius 2 is 1.36 bits per heavy atom. The molecule has 1 aromatic carbocycles. The molecule has 4 nitrogen and oxygen atoms in total. The number of carbonyl (C=O) groups is 1. The highest BCUT2D eigenvalue weighted by Gasteiger charge is 2.21. The van der Waals surface area contributed by atoms with Crippen LogP contribution < -0.4 is 4.90 Å². The van der Waals surface area contributed by atoms with Gasteiger partial charge in [0.25, 0.3) is 5.91 Å². The lowest BCUT2D eigenvalue weighted by atomic mass is 10.2. The highest BCUT2D eigenvalue weighted by molar-refractivity contribution is 6.30. The highest BCUT2D eigenvalue weighted by atomic mass is 35.5. The van der Waals surface area contributed by atoms with Crippen molar-refractivity contribution >= 4 is 29.1 Å². The maximum Gasteiger partial charge on any atom is 0.265 e. The third-order valence-corrected chi connectivity index (χ3v) is 3.30. The standard InChI is InChI=1S/C17H12ClN3O/c18-14-9-7-13(8-10-14)17(22)21(15-5-1-3-11-19-15)16-6-2-4-12-20-16/h1-12H. The Kier molecular flexibility index (Phi) is 4.12. The first-order valence-electron chi connectivity index (χ1n) is 6.68. The first-order chi connectivity index (χ1) is 10.8. The van der Waals surface area contributed by atoms with Crippen LogP contribution in [0.4, 0.5) is 11.6 Å². The van der Waals surface area contributed by atoms with Crippen molar-refractivity contribution in [3.05, 3.63) is 83.6 Å². The lowest BCUT2D eigenvalue weighted by molar-refractivity contribution is 0.0998. The van der Waals surface area contributed by atoms with Gasteiger partial charge < -0.3 is 0 Å². The molecule has 0 spiro atoms. The summed E-state index contributed by atoms with van der Waals surface area (Å²) >= 11 is 5.88. The molecule has 5 heteroatoms. The molecule has 1 amide bonds. The van der Waals surface area contributed by atoms with Crippen LogP contribution in [0.15, 0.2) is 73.1 Å². The fourth-order valence-electron chi connectivity index (χ4n) is 2.02. The quantitative estimate of drug-likeness (QED) is 0.731. The van der Waals surface area contributed by atoms with Gasteiger partial charge in [0.15, 0.2) is 0 Å². The van der Waals surface area contributed by atoms with Gasteiger partial charge in [-0.1, -0.05) is 23.7 Å². The maximum absolute atomic E-state index is 12.9. The van der Waals surface area contributed by atoms with Crippen molar-refractivity contribution < 1.29 is 4.79 Å². The predicted molar refractivity (Wildman–Crippen MR) is 86.4 cm³/mol. The minimum atomic E-state index is -0.214. The maximum atomic E-state index is 12.9. The van der Waals surface area contributed by atoms with Crippen molar-refractivity contribution in [1.82, 2.24) is 9.97 Å². The molecule has 108 valence electrons. The second kappa shape index (κ2) is 6.37. The predicted octanol–water partition coefficient (Wildman–Crippen LogP) is 4.11. The van der Waals surface area contributed by atoms with Crippen LogP contribution in [-0.2, 0) is 0 Å². The number of aromatic nitrogens is 2. The van der Waals surface area contributed by atoms with Gasteiger partial charge in [0.2, 0.25) is 0 Å². The molecule has 22 heavy (non-hydrogen) atoms. The molecular weight excluding hydrogens is 298 g/mol. The van der Waals surface area contributed by atoms with Crippen LogP contribution in [0.25, 0.3) is 0 Å². The lowest BCUT2D eigenvalue weighted by Gasteiger charge is -2.20. The highest BCUT2D eigenvalue weighted by Crippen LogP contribution is 2.24. The molecule has 3 aromatic rings. The van der Waals surface area contributed by atoms with E-state index in [1.807, 2.05) is 12.1 Å². The number of rotatable bonds is 3. The summed E-state index contributed by atoms with van der Waals surface area (Å²) in [5.74, 6) is 0.816. The monoisotopic (exact) mass is 309 g/mol. The van der Waals surface area contributed by atoms with Crippen molar-refractivity contribution in [2.75, 3.05) is 4.90 Å². The number of pyridine rings is 2. The molecule has 0 N–H and O–H groups in total. The second-order valence-corrected chi connectivity index (χ2v) is 4.96. The Balaban J connectivity index is 2.06. The molecular formula is C17H12ClN3O. The van der Waals surface area contributed by atoms with E-state index in [4.69, 9.17) is 11.6 Å². The van der Waals surface area contributed by atoms with Crippen LogP contribution in [0.3, 0.4) is 0 Å². The van der Waals surface area contributed by atoms with Gasteiger partial charge in [-0.2, -0.15) is 0 Å². The first-order valence-corrected chi connectivity index (χ1v) is 7.05. The average Bonchev–Trinajstić information content (AvgIpc) is 2.57. The van der Waals surface area contributed by atoms with Crippen LogP contribution in [-0.4, -0.2) is 15.9 Å². The van der Waals surface area contributed by atoms with Gasteiger partial charge in [0.05, 0.1) is 0 Å². The molecule has 0 aliphatic heterocycles. The number of hydrogen-bond donors (Lipinski definition) is 0. The van der Waals surface area contributed by atoms with E-state index in [0.29, 0.717) is 22.2 Å². The van der Waals surface area contributed by atoms with E-state index in [-0.39, 0.29) is 5.91 Å². The van der Waals surface area contributed by atoms with Crippen LogP contribution >= 0.6 is 11.6 Å². The van der Waals surface area contributed by atoms with E-state index in [1.54, 1.807) is 60.9 Å². The molecule has 0 bridgehead atoms. The second-order valence-electron chi connectivity index (χ2n) is 4.52. The van der Waals surface area contributed by atoms with Gasteiger partial charge in [-0.3, -0.25) is 4.79 Å². The topological polar surface area (TPSA) is 46.1 Å². The fraction of sp³-hybridized carbons (Fsp3) is 0. The fourth-order valence-corrected chi connectivity index (χ4v) is 2.15. The third-order valence-electron chi connectivity index (χ3n) is 3.05. The number of hydrogen-bond acceptors (Lipinski definition) is 3. The van der Waals surface area contributed by atoms with Crippen LogP contribution in [0.1, 0.15) is 10.4 Å². The minimum absolute atomic E-state index is 0.214. The minimum Gasteiger partial charge on any atom is -0.268 e. The molecule has 3 rings (SSSR count). The van der Waals surface area contributed by atoms with E-state index in [0.717, 1.165) is 0 Å². The number of amides is 1. The molecule has 0 saturated heterocycles. The molecule has 0 radical (unpaired) electrons. The third kappa shape index (κ3) is 2.97. The zero-order valence-electron chi connectivity index (χ0n) is 11.6. The summed E-state index contributed by atoms with van der Waals surface area (Å²) in [5.41, 5.74) is 0.515. The van der Waals surface area contributed by atoms with Gasteiger partial charge >= 0.3 is 0 Å². The van der Waals surface area contributed by atoms with Crippen molar-refractivity contribution in [2.45, 2.75) is 0 Å². The zero-order valence-corrected chi connectivity index (χ0v) is 12.3. The van der Waals surface area contributed by atoms with Gasteiger partial charge in [-0.15, -0.1) is 0 Å². The Morgan fingerprint density at radius 1 is 0.818 bits per heavy atom. The Labute approximate surface area is 133 Å². The molecule has 0 saturated carbocycles. The molecule has 0 atom stereocenters. The molecule has 0 fully saturated rings. The number of carbonyl (C=O) groups excluding carboxylic acids is 1. The largest absolute Gasteiger partial charge is 0.268 e. The Hall–Kier alpha value is -2.72. The summed E-state index contributed by atoms with van der Waals surface area (Å²) in [7, 11) is 0. The van der Waals surface area contributed by atoms with Gasteiger partial charge in [0.1, 0.15) is 11.6 Å². The summed E-state index contributed by atoms with van der Waals surface area (Å²) in [5, 5.41) is 0.582. The smallest absolute Gasteiger partial charge is 0.265 e. The number of nitrogens with zero attached hydrogens (tertiary/aromatic N) is 3. The van der Waals surface area contributed by atoms with E-state index in [2.05, 4.69) is 9.97 Å². The summed E-state index contributed by atoms with van der Waals surface area (Å²) in [4.78, 5) is 22.9. The molecule has 0 aliphatic carbocycles. The molecule has 0 aliphatic rings.